The van der Waals surface area contributed by atoms with E-state index < -0.39 is 11.5 Å². The van der Waals surface area contributed by atoms with Crippen LogP contribution in [0, 0.1) is 0 Å². The fraction of sp³-hybridized carbons (Fsp3) is 0.0769. The fourth-order valence-corrected chi connectivity index (χ4v) is 12.4. The smallest absolute Gasteiger partial charge is 0.0733 e. The van der Waals surface area contributed by atoms with E-state index in [9.17, 15) is 2.74 Å². The number of benzene rings is 10. The molecule has 0 bridgehead atoms. The summed E-state index contributed by atoms with van der Waals surface area (Å²) in [5.74, 6) is 0. The molecule has 0 saturated heterocycles. The molecule has 1 heterocycles. The van der Waals surface area contributed by atoms with Gasteiger partial charge in [-0.2, -0.15) is 0 Å². The molecular formula is C65H47N3. The molecule has 1 spiro atoms. The summed E-state index contributed by atoms with van der Waals surface area (Å²) in [4.78, 5) is 4.29. The lowest BCUT2D eigenvalue weighted by Gasteiger charge is -2.33. The predicted molar refractivity (Wildman–Crippen MR) is 284 cm³/mol. The summed E-state index contributed by atoms with van der Waals surface area (Å²) in [6.45, 7) is 4.68. The van der Waals surface area contributed by atoms with Crippen molar-refractivity contribution < 1.29 is 6.85 Å². The van der Waals surface area contributed by atoms with Gasteiger partial charge in [0.25, 0.3) is 0 Å². The van der Waals surface area contributed by atoms with Crippen LogP contribution in [-0.4, -0.2) is 4.57 Å². The zero-order valence-electron chi connectivity index (χ0n) is 42.9. The molecule has 3 heteroatoms. The van der Waals surface area contributed by atoms with Gasteiger partial charge < -0.3 is 14.4 Å². The zero-order valence-corrected chi connectivity index (χ0v) is 37.9. The van der Waals surface area contributed by atoms with Crippen LogP contribution in [0.25, 0.3) is 55.2 Å². The van der Waals surface area contributed by atoms with Crippen LogP contribution in [0.1, 0.15) is 54.1 Å². The lowest BCUT2D eigenvalue weighted by molar-refractivity contribution is 0.660. The van der Waals surface area contributed by atoms with Gasteiger partial charge in [0.2, 0.25) is 0 Å². The van der Waals surface area contributed by atoms with Crippen molar-refractivity contribution in [2.24, 2.45) is 7.05 Å². The average Bonchev–Trinajstić information content (AvgIpc) is 4.10. The van der Waals surface area contributed by atoms with Gasteiger partial charge in [-0.15, -0.1) is 0 Å². The van der Waals surface area contributed by atoms with Crippen molar-refractivity contribution in [1.29, 1.82) is 0 Å². The third kappa shape index (κ3) is 5.19. The minimum absolute atomic E-state index is 0.0926. The lowest BCUT2D eigenvalue weighted by Crippen LogP contribution is -2.26. The van der Waals surface area contributed by atoms with Gasteiger partial charge in [-0.1, -0.05) is 172 Å². The number of aromatic nitrogens is 1. The van der Waals surface area contributed by atoms with Gasteiger partial charge >= 0.3 is 0 Å². The zero-order chi connectivity index (χ0) is 49.7. The summed E-state index contributed by atoms with van der Waals surface area (Å²) < 4.78 is 46.9. The van der Waals surface area contributed by atoms with Gasteiger partial charge in [0, 0.05) is 57.2 Å². The van der Waals surface area contributed by atoms with E-state index in [1.54, 1.807) is 0 Å². The molecule has 11 aromatic rings. The van der Waals surface area contributed by atoms with Crippen LogP contribution >= 0.6 is 0 Å². The lowest BCUT2D eigenvalue weighted by atomic mass is 9.70. The number of aryl methyl sites for hydroxylation is 1. The number of rotatable bonds is 6. The third-order valence-electron chi connectivity index (χ3n) is 15.3. The van der Waals surface area contributed by atoms with E-state index in [4.69, 9.17) is 4.11 Å². The maximum atomic E-state index is 9.25. The van der Waals surface area contributed by atoms with Gasteiger partial charge in [-0.3, -0.25) is 0 Å². The van der Waals surface area contributed by atoms with Crippen molar-refractivity contribution in [3.05, 3.63) is 264 Å². The second-order valence-electron chi connectivity index (χ2n) is 18.9. The number of anilines is 6. The SMILES string of the molecule is [2H]c1c([2H])c([2H])c(N(c2ccccc2)c2ccc3c(c2)C2(c4ccccc4-3)c3ccccc3-c3ccc(N(c4ccc5c(c4)C(C)(C)c4ccccc4-5)c4cccc5c6ccccc6n(C)c45)cc32)c([2H])c1[2H]. The number of fused-ring (bicyclic) bond motifs is 16. The van der Waals surface area contributed by atoms with Crippen LogP contribution < -0.4 is 9.80 Å². The predicted octanol–water partition coefficient (Wildman–Crippen LogP) is 16.9. The molecule has 0 N–H and O–H groups in total. The summed E-state index contributed by atoms with van der Waals surface area (Å²) in [5.41, 5.74) is 20.1. The van der Waals surface area contributed by atoms with E-state index in [0.29, 0.717) is 11.4 Å². The molecule has 1 aromatic heterocycles. The maximum Gasteiger partial charge on any atom is 0.0733 e. The van der Waals surface area contributed by atoms with Crippen molar-refractivity contribution in [1.82, 2.24) is 4.57 Å². The largest absolute Gasteiger partial charge is 0.342 e. The molecule has 0 aliphatic heterocycles. The Bertz CT molecular complexity index is 4130. The first-order chi connectivity index (χ1) is 35.5. The molecule has 3 aliphatic carbocycles. The fourth-order valence-electron chi connectivity index (χ4n) is 12.4. The Hall–Kier alpha value is -8.40. The maximum absolute atomic E-state index is 9.25. The van der Waals surface area contributed by atoms with Gasteiger partial charge in [0.05, 0.1) is 23.5 Å². The summed E-state index contributed by atoms with van der Waals surface area (Å²) in [5, 5.41) is 2.40. The first kappa shape index (κ1) is 34.0. The van der Waals surface area contributed by atoms with Crippen LogP contribution in [0.2, 0.25) is 0 Å². The number of hydrogen-bond acceptors (Lipinski definition) is 2. The van der Waals surface area contributed by atoms with Crippen molar-refractivity contribution in [2.75, 3.05) is 9.80 Å². The highest BCUT2D eigenvalue weighted by atomic mass is 15.2. The quantitative estimate of drug-likeness (QED) is 0.165. The van der Waals surface area contributed by atoms with Crippen LogP contribution in [0.5, 0.6) is 0 Å². The Balaban J connectivity index is 1.05. The Labute approximate surface area is 404 Å². The van der Waals surface area contributed by atoms with Crippen LogP contribution in [0.3, 0.4) is 0 Å². The second kappa shape index (κ2) is 14.3. The van der Waals surface area contributed by atoms with Crippen LogP contribution in [0.15, 0.2) is 230 Å². The van der Waals surface area contributed by atoms with E-state index in [1.807, 2.05) is 41.3 Å². The molecule has 0 radical (unpaired) electrons. The number of para-hydroxylation sites is 4. The van der Waals surface area contributed by atoms with Gasteiger partial charge in [0.1, 0.15) is 0 Å². The molecule has 0 fully saturated rings. The first-order valence-electron chi connectivity index (χ1n) is 25.9. The molecule has 3 aliphatic rings. The van der Waals surface area contributed by atoms with Crippen LogP contribution in [-0.2, 0) is 17.9 Å². The molecule has 0 saturated carbocycles. The van der Waals surface area contributed by atoms with E-state index in [2.05, 4.69) is 194 Å². The average molecular weight is 875 g/mol. The van der Waals surface area contributed by atoms with E-state index in [1.165, 1.54) is 49.7 Å². The minimum Gasteiger partial charge on any atom is -0.342 e. The van der Waals surface area contributed by atoms with E-state index in [-0.39, 0.29) is 35.3 Å². The van der Waals surface area contributed by atoms with Gasteiger partial charge in [-0.05, 0) is 140 Å². The molecule has 0 amide bonds. The van der Waals surface area contributed by atoms with Gasteiger partial charge in [-0.25, -0.2) is 0 Å². The molecule has 68 heavy (non-hydrogen) atoms. The topological polar surface area (TPSA) is 11.4 Å². The molecule has 322 valence electrons. The highest BCUT2D eigenvalue weighted by molar-refractivity contribution is 6.13. The minimum atomic E-state index is -0.801. The monoisotopic (exact) mass is 874 g/mol. The van der Waals surface area contributed by atoms with Gasteiger partial charge in [0.15, 0.2) is 0 Å². The Morgan fingerprint density at radius 2 is 0.868 bits per heavy atom. The molecule has 1 atom stereocenters. The first-order valence-corrected chi connectivity index (χ1v) is 23.4. The highest BCUT2D eigenvalue weighted by Crippen LogP contribution is 2.64. The Morgan fingerprint density at radius 3 is 1.51 bits per heavy atom. The van der Waals surface area contributed by atoms with Crippen LogP contribution in [0.4, 0.5) is 34.1 Å². The van der Waals surface area contributed by atoms with E-state index in [0.717, 1.165) is 56.0 Å². The molecule has 14 rings (SSSR count). The summed E-state index contributed by atoms with van der Waals surface area (Å²) in [6.07, 6.45) is 0. The summed E-state index contributed by atoms with van der Waals surface area (Å²) >= 11 is 0. The van der Waals surface area contributed by atoms with Crippen molar-refractivity contribution in [3.63, 3.8) is 0 Å². The van der Waals surface area contributed by atoms with Crippen molar-refractivity contribution in [2.45, 2.75) is 24.7 Å². The molecule has 3 nitrogen and oxygen atoms in total. The third-order valence-corrected chi connectivity index (χ3v) is 15.3. The van der Waals surface area contributed by atoms with Crippen molar-refractivity contribution >= 4 is 55.9 Å². The normalized spacial score (nSPS) is 16.5. The number of nitrogens with zero attached hydrogens (tertiary/aromatic N) is 3. The highest BCUT2D eigenvalue weighted by Gasteiger charge is 2.52. The van der Waals surface area contributed by atoms with Crippen molar-refractivity contribution in [3.8, 4) is 33.4 Å². The molecule has 1 unspecified atom stereocenters. The number of hydrogen-bond donors (Lipinski definition) is 0. The Morgan fingerprint density at radius 1 is 0.382 bits per heavy atom. The molecular weight excluding hydrogens is 823 g/mol. The standard InChI is InChI=1S/C65H47N3/c1-64(2)55-28-14-10-23-47(55)50-36-34-45(39-58(50)64)68(62-32-18-27-54-53-26-13-17-31-61(53)66(3)63(54)62)46-35-38-52-49-25-12-16-30-57(49)65(60(52)41-46)56-29-15-11-24-48(56)51-37-33-44(40-59(51)65)67(42-19-6-4-7-20-42)43-21-8-5-9-22-43/h4-41H,1-3H3/i4D,6D,7D,19D,20D. The summed E-state index contributed by atoms with van der Waals surface area (Å²) in [7, 11) is 2.18. The Kier molecular flexibility index (Phi) is 7.15. The van der Waals surface area contributed by atoms with E-state index >= 15 is 0 Å². The summed E-state index contributed by atoms with van der Waals surface area (Å²) in [6, 6.07) is 70.0. The molecule has 10 aromatic carbocycles. The second-order valence-corrected chi connectivity index (χ2v) is 18.9.